The molecule has 1 unspecified atom stereocenters. The highest BCUT2D eigenvalue weighted by molar-refractivity contribution is 8.03. The lowest BCUT2D eigenvalue weighted by Gasteiger charge is -2.39. The molecule has 10 heteroatoms. The molecule has 1 aliphatic heterocycles. The number of hydrogen-bond acceptors (Lipinski definition) is 8. The van der Waals surface area contributed by atoms with Crippen molar-refractivity contribution in [3.8, 4) is 0 Å². The number of ether oxygens (including phenoxy) is 1. The van der Waals surface area contributed by atoms with Gasteiger partial charge in [0.2, 0.25) is 0 Å². The zero-order valence-electron chi connectivity index (χ0n) is 17.3. The molecule has 2 aliphatic rings. The molecule has 32 heavy (non-hydrogen) atoms. The van der Waals surface area contributed by atoms with Crippen molar-refractivity contribution in [3.63, 3.8) is 0 Å². The average Bonchev–Trinajstić information content (AvgIpc) is 2.80. The normalized spacial score (nSPS) is 19.1. The molecule has 8 nitrogen and oxygen atoms in total. The number of nitro benzene ring substituents is 2. The summed E-state index contributed by atoms with van der Waals surface area (Å²) in [5.74, 6) is 0. The van der Waals surface area contributed by atoms with Gasteiger partial charge in [0.25, 0.3) is 11.4 Å². The Kier molecular flexibility index (Phi) is 7.33. The van der Waals surface area contributed by atoms with E-state index in [0.29, 0.717) is 23.0 Å². The number of nitro groups is 2. The predicted octanol–water partition coefficient (Wildman–Crippen LogP) is 5.48. The third-order valence-electron chi connectivity index (χ3n) is 5.44. The zero-order chi connectivity index (χ0) is 22.5. The lowest BCUT2D eigenvalue weighted by Crippen LogP contribution is -2.40. The molecule has 0 radical (unpaired) electrons. The first-order valence-corrected chi connectivity index (χ1v) is 12.1. The van der Waals surface area contributed by atoms with Gasteiger partial charge in [-0.15, -0.1) is 11.8 Å². The second kappa shape index (κ2) is 10.4. The van der Waals surface area contributed by atoms with Crippen molar-refractivity contribution in [3.05, 3.63) is 79.4 Å². The van der Waals surface area contributed by atoms with Gasteiger partial charge < -0.3 is 9.64 Å². The molecule has 1 aliphatic carbocycles. The summed E-state index contributed by atoms with van der Waals surface area (Å²) in [5, 5.41) is 23.1. The van der Waals surface area contributed by atoms with Crippen LogP contribution in [-0.2, 0) is 4.74 Å². The SMILES string of the molecule is O=[N+]([O-])c1ccccc1SC1=C(N2CCOCC2)C(Sc2ccccc2[N+](=O)[O-])CCC1. The molecule has 1 saturated heterocycles. The molecule has 1 fully saturated rings. The van der Waals surface area contributed by atoms with E-state index in [9.17, 15) is 20.2 Å². The Balaban J connectivity index is 1.72. The number of benzene rings is 2. The standard InChI is InChI=1S/C22H23N3O5S2/c26-24(27)16-6-1-3-8-18(16)31-20-10-5-11-21(22(20)23-12-14-30-15-13-23)32-19-9-4-2-7-17(19)25(28)29/h1-4,6-9,20H,5,10-15H2. The smallest absolute Gasteiger partial charge is 0.283 e. The van der Waals surface area contributed by atoms with Gasteiger partial charge in [-0.25, -0.2) is 0 Å². The molecule has 0 spiro atoms. The van der Waals surface area contributed by atoms with Gasteiger partial charge in [0.15, 0.2) is 0 Å². The molecule has 168 valence electrons. The molecule has 0 bridgehead atoms. The van der Waals surface area contributed by atoms with E-state index in [2.05, 4.69) is 4.90 Å². The van der Waals surface area contributed by atoms with Crippen LogP contribution in [0.1, 0.15) is 19.3 Å². The second-order valence-electron chi connectivity index (χ2n) is 7.46. The fraction of sp³-hybridized carbons (Fsp3) is 0.364. The van der Waals surface area contributed by atoms with Crippen molar-refractivity contribution in [2.24, 2.45) is 0 Å². The largest absolute Gasteiger partial charge is 0.378 e. The molecule has 1 heterocycles. The number of para-hydroxylation sites is 2. The van der Waals surface area contributed by atoms with Crippen LogP contribution in [0, 0.1) is 20.2 Å². The summed E-state index contributed by atoms with van der Waals surface area (Å²) in [6, 6.07) is 13.6. The molecule has 1 atom stereocenters. The van der Waals surface area contributed by atoms with E-state index in [4.69, 9.17) is 4.74 Å². The average molecular weight is 474 g/mol. The molecule has 0 N–H and O–H groups in total. The van der Waals surface area contributed by atoms with Gasteiger partial charge >= 0.3 is 0 Å². The first-order chi connectivity index (χ1) is 15.5. The summed E-state index contributed by atoms with van der Waals surface area (Å²) in [6.07, 6.45) is 2.65. The molecule has 2 aromatic carbocycles. The first kappa shape index (κ1) is 22.6. The van der Waals surface area contributed by atoms with Crippen molar-refractivity contribution in [2.45, 2.75) is 34.3 Å². The van der Waals surface area contributed by atoms with Gasteiger partial charge in [0.05, 0.1) is 38.1 Å². The monoisotopic (exact) mass is 473 g/mol. The quantitative estimate of drug-likeness (QED) is 0.385. The van der Waals surface area contributed by atoms with Crippen LogP contribution in [0.25, 0.3) is 0 Å². The summed E-state index contributed by atoms with van der Waals surface area (Å²) >= 11 is 2.97. The number of nitrogens with zero attached hydrogens (tertiary/aromatic N) is 3. The van der Waals surface area contributed by atoms with Crippen LogP contribution in [0.2, 0.25) is 0 Å². The summed E-state index contributed by atoms with van der Waals surface area (Å²) < 4.78 is 5.54. The van der Waals surface area contributed by atoms with Crippen LogP contribution in [0.3, 0.4) is 0 Å². The van der Waals surface area contributed by atoms with Crippen molar-refractivity contribution < 1.29 is 14.6 Å². The predicted molar refractivity (Wildman–Crippen MR) is 125 cm³/mol. The van der Waals surface area contributed by atoms with Crippen LogP contribution < -0.4 is 0 Å². The van der Waals surface area contributed by atoms with Gasteiger partial charge in [-0.2, -0.15) is 0 Å². The first-order valence-electron chi connectivity index (χ1n) is 10.4. The molecule has 0 aromatic heterocycles. The van der Waals surface area contributed by atoms with Crippen molar-refractivity contribution in [1.82, 2.24) is 4.90 Å². The fourth-order valence-corrected chi connectivity index (χ4v) is 6.75. The van der Waals surface area contributed by atoms with Gasteiger partial charge in [0.1, 0.15) is 0 Å². The summed E-state index contributed by atoms with van der Waals surface area (Å²) in [5.41, 5.74) is 1.34. The van der Waals surface area contributed by atoms with E-state index in [-0.39, 0.29) is 26.5 Å². The maximum Gasteiger partial charge on any atom is 0.283 e. The minimum absolute atomic E-state index is 0.0354. The number of allylic oxidation sites excluding steroid dienone is 1. The molecule has 4 rings (SSSR count). The summed E-state index contributed by atoms with van der Waals surface area (Å²) in [4.78, 5) is 27.0. The van der Waals surface area contributed by atoms with Crippen molar-refractivity contribution in [2.75, 3.05) is 26.3 Å². The van der Waals surface area contributed by atoms with Crippen LogP contribution in [0.15, 0.2) is 68.9 Å². The van der Waals surface area contributed by atoms with Gasteiger partial charge in [-0.3, -0.25) is 20.2 Å². The Hall–Kier alpha value is -2.56. The third-order valence-corrected chi connectivity index (χ3v) is 8.01. The highest BCUT2D eigenvalue weighted by Crippen LogP contribution is 2.47. The van der Waals surface area contributed by atoms with Gasteiger partial charge in [-0.05, 0) is 31.4 Å². The minimum Gasteiger partial charge on any atom is -0.378 e. The Bertz CT molecular complexity index is 1040. The summed E-state index contributed by atoms with van der Waals surface area (Å²) in [7, 11) is 0. The van der Waals surface area contributed by atoms with E-state index in [1.54, 1.807) is 24.3 Å². The molecular formula is C22H23N3O5S2. The number of hydrogen-bond donors (Lipinski definition) is 0. The minimum atomic E-state index is -0.348. The Morgan fingerprint density at radius 1 is 0.906 bits per heavy atom. The number of thioether (sulfide) groups is 2. The number of rotatable bonds is 7. The molecule has 2 aromatic rings. The molecular weight excluding hydrogens is 450 g/mol. The van der Waals surface area contributed by atoms with Crippen LogP contribution in [0.5, 0.6) is 0 Å². The van der Waals surface area contributed by atoms with Crippen molar-refractivity contribution >= 4 is 34.9 Å². The Labute approximate surface area is 194 Å². The van der Waals surface area contributed by atoms with E-state index in [0.717, 1.165) is 43.0 Å². The Morgan fingerprint density at radius 2 is 1.50 bits per heavy atom. The van der Waals surface area contributed by atoms with E-state index in [1.807, 2.05) is 12.1 Å². The van der Waals surface area contributed by atoms with Crippen LogP contribution in [-0.4, -0.2) is 46.3 Å². The summed E-state index contributed by atoms with van der Waals surface area (Å²) in [6.45, 7) is 2.72. The van der Waals surface area contributed by atoms with Crippen molar-refractivity contribution in [1.29, 1.82) is 0 Å². The van der Waals surface area contributed by atoms with Crippen LogP contribution in [0.4, 0.5) is 11.4 Å². The van der Waals surface area contributed by atoms with E-state index < -0.39 is 0 Å². The van der Waals surface area contributed by atoms with Gasteiger partial charge in [0, 0.05) is 35.8 Å². The highest BCUT2D eigenvalue weighted by atomic mass is 32.2. The topological polar surface area (TPSA) is 98.8 Å². The fourth-order valence-electron chi connectivity index (χ4n) is 3.98. The Morgan fingerprint density at radius 3 is 2.16 bits per heavy atom. The van der Waals surface area contributed by atoms with E-state index >= 15 is 0 Å². The third kappa shape index (κ3) is 5.08. The van der Waals surface area contributed by atoms with Crippen LogP contribution >= 0.6 is 23.5 Å². The molecule has 0 amide bonds. The lowest BCUT2D eigenvalue weighted by molar-refractivity contribution is -0.387. The molecule has 0 saturated carbocycles. The maximum atomic E-state index is 11.5. The highest BCUT2D eigenvalue weighted by Gasteiger charge is 2.32. The van der Waals surface area contributed by atoms with E-state index in [1.165, 1.54) is 35.7 Å². The lowest BCUT2D eigenvalue weighted by atomic mass is 10.0. The zero-order valence-corrected chi connectivity index (χ0v) is 19.0. The second-order valence-corrected chi connectivity index (χ2v) is 9.84. The maximum absolute atomic E-state index is 11.5. The van der Waals surface area contributed by atoms with Gasteiger partial charge in [-0.1, -0.05) is 36.0 Å². The number of morpholine rings is 1.